The van der Waals surface area contributed by atoms with Crippen LogP contribution in [0.15, 0.2) is 42.5 Å². The molecule has 0 bridgehead atoms. The van der Waals surface area contributed by atoms with E-state index >= 15 is 0 Å². The quantitative estimate of drug-likeness (QED) is 0.370. The van der Waals surface area contributed by atoms with E-state index in [-0.39, 0.29) is 24.8 Å². The Morgan fingerprint density at radius 1 is 1.03 bits per heavy atom. The van der Waals surface area contributed by atoms with Crippen molar-refractivity contribution in [1.82, 2.24) is 9.97 Å². The first-order valence-electron chi connectivity index (χ1n) is 9.86. The van der Waals surface area contributed by atoms with Crippen molar-refractivity contribution in [2.45, 2.75) is 36.4 Å². The molecule has 3 aromatic rings. The largest absolute Gasteiger partial charge is 0.147 e. The van der Waals surface area contributed by atoms with Gasteiger partial charge in [0.05, 0.1) is 0 Å². The van der Waals surface area contributed by atoms with Crippen LogP contribution < -0.4 is 10.1 Å². The fourth-order valence-corrected chi connectivity index (χ4v) is 4.62. The number of anilines is 1. The Balaban J connectivity index is 0.00000171. The molecular formula is C23H25AsCl3N3O. The Morgan fingerprint density at radius 2 is 1.77 bits per heavy atom. The molecule has 1 heterocycles. The van der Waals surface area contributed by atoms with Gasteiger partial charge in [-0.1, -0.05) is 11.6 Å². The molecule has 31 heavy (non-hydrogen) atoms. The number of aromatic nitrogens is 2. The van der Waals surface area contributed by atoms with Crippen LogP contribution >= 0.6 is 36.4 Å². The molecule has 2 atom stereocenters. The molecule has 1 N–H and O–H groups in total. The summed E-state index contributed by atoms with van der Waals surface area (Å²) in [6, 6.07) is 14.0. The van der Waals surface area contributed by atoms with Crippen molar-refractivity contribution in [1.29, 1.82) is 0 Å². The molecular weight excluding hydrogens is 516 g/mol. The molecule has 1 fully saturated rings. The van der Waals surface area contributed by atoms with Crippen LogP contribution in [-0.2, 0) is 0 Å². The fourth-order valence-electron chi connectivity index (χ4n) is 3.64. The fraction of sp³-hybridized carbons (Fsp3) is 0.304. The van der Waals surface area contributed by atoms with E-state index in [1.54, 1.807) is 7.11 Å². The number of hydrogen-bond acceptors (Lipinski definition) is 4. The van der Waals surface area contributed by atoms with E-state index in [9.17, 15) is 0 Å². The summed E-state index contributed by atoms with van der Waals surface area (Å²) in [4.78, 5) is 9.57. The van der Waals surface area contributed by atoms with Gasteiger partial charge in [0.15, 0.2) is 0 Å². The third kappa shape index (κ3) is 6.52. The van der Waals surface area contributed by atoms with Crippen molar-refractivity contribution in [2.75, 3.05) is 12.4 Å². The number of hydrogen-bond donors (Lipinski definition) is 1. The number of nitrogens with zero attached hydrogens (tertiary/aromatic N) is 2. The molecule has 4 rings (SSSR count). The molecule has 0 aliphatic heterocycles. The minimum atomic E-state index is 0. The Hall–Kier alpha value is -1.45. The van der Waals surface area contributed by atoms with Crippen molar-refractivity contribution >= 4 is 82.1 Å². The molecule has 1 saturated carbocycles. The van der Waals surface area contributed by atoms with Crippen molar-refractivity contribution in [3.8, 4) is 5.75 Å². The maximum atomic E-state index is 5.98. The predicted octanol–water partition coefficient (Wildman–Crippen LogP) is 6.62. The van der Waals surface area contributed by atoms with E-state index in [0.717, 1.165) is 39.5 Å². The summed E-state index contributed by atoms with van der Waals surface area (Å²) in [6.45, 7) is 0. The monoisotopic (exact) mass is 539 g/mol. The minimum Gasteiger partial charge on any atom is -0.147 e. The number of rotatable bonds is 5. The summed E-state index contributed by atoms with van der Waals surface area (Å²) >= 11 is 8.80. The predicted molar refractivity (Wildman–Crippen MR) is 136 cm³/mol. The molecule has 1 aliphatic rings. The van der Waals surface area contributed by atoms with Crippen molar-refractivity contribution in [3.05, 3.63) is 58.9 Å². The standard InChI is InChI=1S/C23H23AsClN3O.2ClH/c1-29-17-11-12-20-18(14-17)23(27-21-5-3-2-4-19(21)24)28-22(26-20)13-8-15-6-9-16(25)10-7-15;;/h6-14,19,21H,2-5H2,1H3,(H,26,27,28);2*1H/b13-8+;;. The maximum absolute atomic E-state index is 5.98. The molecule has 2 radical (unpaired) electrons. The first-order chi connectivity index (χ1) is 14.1. The Morgan fingerprint density at radius 3 is 2.48 bits per heavy atom. The van der Waals surface area contributed by atoms with E-state index in [1.807, 2.05) is 54.6 Å². The third-order valence-corrected chi connectivity index (χ3v) is 6.82. The van der Waals surface area contributed by atoms with Crippen molar-refractivity contribution < 1.29 is 4.74 Å². The van der Waals surface area contributed by atoms with E-state index < -0.39 is 0 Å². The molecule has 4 nitrogen and oxygen atoms in total. The Bertz CT molecular complexity index is 1030. The molecule has 164 valence electrons. The van der Waals surface area contributed by atoms with Crippen LogP contribution in [0.4, 0.5) is 5.82 Å². The molecule has 0 amide bonds. The summed E-state index contributed by atoms with van der Waals surface area (Å²) in [7, 11) is 1.68. The van der Waals surface area contributed by atoms with Gasteiger partial charge < -0.3 is 0 Å². The zero-order chi connectivity index (χ0) is 20.2. The molecule has 0 saturated heterocycles. The van der Waals surface area contributed by atoms with E-state index in [2.05, 4.69) is 22.2 Å². The molecule has 2 aromatic carbocycles. The smallest absolute Gasteiger partial charge is 0.147 e. The number of halogens is 3. The summed E-state index contributed by atoms with van der Waals surface area (Å²) in [5.74, 6) is 2.35. The second kappa shape index (κ2) is 12.0. The van der Waals surface area contributed by atoms with Gasteiger partial charge in [0, 0.05) is 0 Å². The minimum absolute atomic E-state index is 0. The SMILES string of the molecule is COc1ccc2nc(/C=C/c3ccc(Cl)cc3)nc(NC3CCCCC3[As])c2c1.Cl.Cl. The summed E-state index contributed by atoms with van der Waals surface area (Å²) < 4.78 is 5.99. The van der Waals surface area contributed by atoms with Gasteiger partial charge >= 0.3 is 174 Å². The van der Waals surface area contributed by atoms with E-state index in [0.29, 0.717) is 16.6 Å². The Kier molecular flexibility index (Phi) is 9.96. The van der Waals surface area contributed by atoms with Crippen LogP contribution in [-0.4, -0.2) is 40.0 Å². The molecule has 8 heteroatoms. The van der Waals surface area contributed by atoms with Crippen LogP contribution in [0.2, 0.25) is 9.73 Å². The average molecular weight is 541 g/mol. The normalized spacial score (nSPS) is 18.3. The van der Waals surface area contributed by atoms with Gasteiger partial charge in [0.2, 0.25) is 0 Å². The second-order valence-corrected chi connectivity index (χ2v) is 9.13. The molecule has 1 aromatic heterocycles. The first-order valence-corrected chi connectivity index (χ1v) is 11.3. The van der Waals surface area contributed by atoms with Crippen LogP contribution in [0.5, 0.6) is 5.75 Å². The molecule has 2 unspecified atom stereocenters. The second-order valence-electron chi connectivity index (χ2n) is 7.30. The summed E-state index contributed by atoms with van der Waals surface area (Å²) in [5, 5.41) is 5.41. The van der Waals surface area contributed by atoms with Gasteiger partial charge in [-0.05, 0) is 0 Å². The number of fused-ring (bicyclic) bond motifs is 1. The zero-order valence-corrected chi connectivity index (χ0v) is 21.4. The number of ether oxygens (including phenoxy) is 1. The van der Waals surface area contributed by atoms with Gasteiger partial charge in [0.25, 0.3) is 0 Å². The summed E-state index contributed by atoms with van der Waals surface area (Å²) in [6.07, 6.45) is 8.88. The van der Waals surface area contributed by atoms with Crippen LogP contribution in [0.25, 0.3) is 23.1 Å². The first kappa shape index (κ1) is 25.8. The third-order valence-electron chi connectivity index (χ3n) is 5.27. The average Bonchev–Trinajstić information content (AvgIpc) is 2.74. The van der Waals surface area contributed by atoms with Gasteiger partial charge in [0.1, 0.15) is 0 Å². The van der Waals surface area contributed by atoms with E-state index in [4.69, 9.17) is 26.3 Å². The molecule has 1 aliphatic carbocycles. The van der Waals surface area contributed by atoms with Crippen LogP contribution in [0, 0.1) is 0 Å². The van der Waals surface area contributed by atoms with Crippen molar-refractivity contribution in [3.63, 3.8) is 0 Å². The number of nitrogens with one attached hydrogen (secondary N) is 1. The Labute approximate surface area is 209 Å². The van der Waals surface area contributed by atoms with Crippen LogP contribution in [0.3, 0.4) is 0 Å². The number of benzene rings is 2. The van der Waals surface area contributed by atoms with Gasteiger partial charge in [-0.15, -0.1) is 24.8 Å². The number of methoxy groups -OCH3 is 1. The van der Waals surface area contributed by atoms with Crippen LogP contribution in [0.1, 0.15) is 37.1 Å². The molecule has 0 spiro atoms. The van der Waals surface area contributed by atoms with Gasteiger partial charge in [-0.25, -0.2) is 0 Å². The topological polar surface area (TPSA) is 47.0 Å². The van der Waals surface area contributed by atoms with E-state index in [1.165, 1.54) is 19.3 Å². The van der Waals surface area contributed by atoms with Crippen molar-refractivity contribution in [2.24, 2.45) is 0 Å². The maximum Gasteiger partial charge on any atom is -0.147 e. The van der Waals surface area contributed by atoms with Gasteiger partial charge in [-0.2, -0.15) is 0 Å². The summed E-state index contributed by atoms with van der Waals surface area (Å²) in [5.41, 5.74) is 1.96. The zero-order valence-electron chi connectivity index (χ0n) is 17.1. The van der Waals surface area contributed by atoms with Gasteiger partial charge in [-0.3, -0.25) is 0 Å².